The number of nitrogen functional groups attached to an aromatic ring is 1. The Balaban J connectivity index is 2.16. The van der Waals surface area contributed by atoms with Crippen LogP contribution in [0.25, 0.3) is 0 Å². The second-order valence-electron chi connectivity index (χ2n) is 4.23. The average molecular weight is 207 g/mol. The maximum atomic E-state index is 9.45. The van der Waals surface area contributed by atoms with Crippen LogP contribution in [0.3, 0.4) is 0 Å². The van der Waals surface area contributed by atoms with Gasteiger partial charge in [-0.1, -0.05) is 12.8 Å². The number of aromatic nitrogens is 1. The SMILES string of the molecule is Nc1cnccc1NC1(CO)CCCC1. The first-order chi connectivity index (χ1) is 7.26. The van der Waals surface area contributed by atoms with Crippen molar-refractivity contribution in [3.05, 3.63) is 18.5 Å². The summed E-state index contributed by atoms with van der Waals surface area (Å²) in [5, 5.41) is 12.8. The minimum Gasteiger partial charge on any atom is -0.396 e. The molecule has 15 heavy (non-hydrogen) atoms. The molecule has 1 aromatic heterocycles. The van der Waals surface area contributed by atoms with Crippen molar-refractivity contribution in [2.24, 2.45) is 0 Å². The molecule has 0 amide bonds. The molecule has 4 nitrogen and oxygen atoms in total. The van der Waals surface area contributed by atoms with Crippen LogP contribution in [0.5, 0.6) is 0 Å². The van der Waals surface area contributed by atoms with Gasteiger partial charge >= 0.3 is 0 Å². The molecule has 1 fully saturated rings. The van der Waals surface area contributed by atoms with Crippen LogP contribution in [0.4, 0.5) is 11.4 Å². The van der Waals surface area contributed by atoms with E-state index in [1.165, 1.54) is 12.8 Å². The highest BCUT2D eigenvalue weighted by atomic mass is 16.3. The molecule has 1 aliphatic carbocycles. The van der Waals surface area contributed by atoms with E-state index in [9.17, 15) is 5.11 Å². The molecule has 2 rings (SSSR count). The standard InChI is InChI=1S/C11H17N3O/c12-9-7-13-6-3-10(9)14-11(8-15)4-1-2-5-11/h3,6-7,15H,1-2,4-5,8,12H2,(H,13,14). The van der Waals surface area contributed by atoms with Crippen LogP contribution >= 0.6 is 0 Å². The van der Waals surface area contributed by atoms with Gasteiger partial charge in [-0.05, 0) is 18.9 Å². The fraction of sp³-hybridized carbons (Fsp3) is 0.545. The van der Waals surface area contributed by atoms with E-state index in [1.807, 2.05) is 6.07 Å². The molecule has 0 atom stereocenters. The number of nitrogens with zero attached hydrogens (tertiary/aromatic N) is 1. The van der Waals surface area contributed by atoms with Gasteiger partial charge in [0.25, 0.3) is 0 Å². The Hall–Kier alpha value is -1.29. The summed E-state index contributed by atoms with van der Waals surface area (Å²) in [6.45, 7) is 0.161. The quantitative estimate of drug-likeness (QED) is 0.700. The molecule has 0 radical (unpaired) electrons. The Morgan fingerprint density at radius 3 is 2.80 bits per heavy atom. The minimum atomic E-state index is -0.171. The van der Waals surface area contributed by atoms with Crippen molar-refractivity contribution in [1.82, 2.24) is 4.98 Å². The molecule has 0 bridgehead atoms. The second kappa shape index (κ2) is 4.06. The summed E-state index contributed by atoms with van der Waals surface area (Å²) in [7, 11) is 0. The van der Waals surface area contributed by atoms with Gasteiger partial charge in [0.15, 0.2) is 0 Å². The highest BCUT2D eigenvalue weighted by molar-refractivity contribution is 5.65. The maximum absolute atomic E-state index is 9.45. The van der Waals surface area contributed by atoms with Crippen LogP contribution in [0.15, 0.2) is 18.5 Å². The van der Waals surface area contributed by atoms with Gasteiger partial charge in [-0.25, -0.2) is 0 Å². The molecule has 4 N–H and O–H groups in total. The lowest BCUT2D eigenvalue weighted by atomic mass is 9.98. The zero-order valence-electron chi connectivity index (χ0n) is 8.74. The fourth-order valence-electron chi connectivity index (χ4n) is 2.18. The third-order valence-corrected chi connectivity index (χ3v) is 3.12. The van der Waals surface area contributed by atoms with Crippen LogP contribution in [-0.4, -0.2) is 22.2 Å². The van der Waals surface area contributed by atoms with Gasteiger partial charge in [-0.15, -0.1) is 0 Å². The molecule has 0 aliphatic heterocycles. The highest BCUT2D eigenvalue weighted by Gasteiger charge is 2.33. The Labute approximate surface area is 89.5 Å². The summed E-state index contributed by atoms with van der Waals surface area (Å²) < 4.78 is 0. The van der Waals surface area contributed by atoms with Crippen LogP contribution in [0, 0.1) is 0 Å². The maximum Gasteiger partial charge on any atom is 0.0736 e. The molecule has 0 unspecified atom stereocenters. The normalized spacial score (nSPS) is 19.0. The molecule has 1 saturated carbocycles. The summed E-state index contributed by atoms with van der Waals surface area (Å²) in [5.74, 6) is 0. The van der Waals surface area contributed by atoms with Crippen molar-refractivity contribution in [2.75, 3.05) is 17.7 Å². The molecule has 1 aromatic rings. The molecule has 0 aromatic carbocycles. The van der Waals surface area contributed by atoms with Gasteiger partial charge in [0.2, 0.25) is 0 Å². The van der Waals surface area contributed by atoms with E-state index in [1.54, 1.807) is 12.4 Å². The van der Waals surface area contributed by atoms with Crippen molar-refractivity contribution in [1.29, 1.82) is 0 Å². The number of pyridine rings is 1. The van der Waals surface area contributed by atoms with Gasteiger partial charge < -0.3 is 16.2 Å². The Morgan fingerprint density at radius 1 is 1.47 bits per heavy atom. The van der Waals surface area contributed by atoms with E-state index < -0.39 is 0 Å². The number of aliphatic hydroxyl groups is 1. The Kier molecular flexibility index (Phi) is 2.77. The first-order valence-corrected chi connectivity index (χ1v) is 5.34. The zero-order chi connectivity index (χ0) is 10.7. The van der Waals surface area contributed by atoms with Gasteiger partial charge in [0.1, 0.15) is 0 Å². The van der Waals surface area contributed by atoms with Crippen LogP contribution in [0.2, 0.25) is 0 Å². The van der Waals surface area contributed by atoms with Crippen molar-refractivity contribution < 1.29 is 5.11 Å². The van der Waals surface area contributed by atoms with E-state index in [0.717, 1.165) is 18.5 Å². The Morgan fingerprint density at radius 2 is 2.20 bits per heavy atom. The first-order valence-electron chi connectivity index (χ1n) is 5.34. The summed E-state index contributed by atoms with van der Waals surface area (Å²) in [4.78, 5) is 3.94. The average Bonchev–Trinajstić information content (AvgIpc) is 2.71. The van der Waals surface area contributed by atoms with E-state index in [0.29, 0.717) is 5.69 Å². The summed E-state index contributed by atoms with van der Waals surface area (Å²) in [5.41, 5.74) is 7.15. The lowest BCUT2D eigenvalue weighted by molar-refractivity contribution is 0.214. The molecule has 82 valence electrons. The van der Waals surface area contributed by atoms with Crippen LogP contribution < -0.4 is 11.1 Å². The highest BCUT2D eigenvalue weighted by Crippen LogP contribution is 2.33. The monoisotopic (exact) mass is 207 g/mol. The van der Waals surface area contributed by atoms with E-state index in [4.69, 9.17) is 5.73 Å². The zero-order valence-corrected chi connectivity index (χ0v) is 8.74. The van der Waals surface area contributed by atoms with E-state index in [-0.39, 0.29) is 12.1 Å². The molecule has 0 spiro atoms. The summed E-state index contributed by atoms with van der Waals surface area (Å²) >= 11 is 0. The van der Waals surface area contributed by atoms with Gasteiger partial charge in [0.05, 0.1) is 29.7 Å². The van der Waals surface area contributed by atoms with Crippen molar-refractivity contribution in [3.63, 3.8) is 0 Å². The van der Waals surface area contributed by atoms with Crippen molar-refractivity contribution in [3.8, 4) is 0 Å². The number of aliphatic hydroxyl groups excluding tert-OH is 1. The number of nitrogens with one attached hydrogen (secondary N) is 1. The smallest absolute Gasteiger partial charge is 0.0736 e. The number of nitrogens with two attached hydrogens (primary N) is 1. The minimum absolute atomic E-state index is 0.161. The molecular formula is C11H17N3O. The van der Waals surface area contributed by atoms with Gasteiger partial charge in [0, 0.05) is 6.20 Å². The van der Waals surface area contributed by atoms with E-state index in [2.05, 4.69) is 10.3 Å². The number of anilines is 2. The largest absolute Gasteiger partial charge is 0.396 e. The molecule has 1 aliphatic rings. The molecule has 4 heteroatoms. The van der Waals surface area contributed by atoms with E-state index >= 15 is 0 Å². The number of rotatable bonds is 3. The lowest BCUT2D eigenvalue weighted by Gasteiger charge is -2.29. The van der Waals surface area contributed by atoms with Crippen molar-refractivity contribution >= 4 is 11.4 Å². The number of hydrogen-bond donors (Lipinski definition) is 3. The van der Waals surface area contributed by atoms with Gasteiger partial charge in [-0.2, -0.15) is 0 Å². The third-order valence-electron chi connectivity index (χ3n) is 3.12. The third kappa shape index (κ3) is 2.04. The predicted molar refractivity (Wildman–Crippen MR) is 60.6 cm³/mol. The lowest BCUT2D eigenvalue weighted by Crippen LogP contribution is -2.39. The van der Waals surface area contributed by atoms with Crippen LogP contribution in [-0.2, 0) is 0 Å². The van der Waals surface area contributed by atoms with Gasteiger partial charge in [-0.3, -0.25) is 4.98 Å². The summed E-state index contributed by atoms with van der Waals surface area (Å²) in [6, 6.07) is 1.85. The number of hydrogen-bond acceptors (Lipinski definition) is 4. The fourth-order valence-corrected chi connectivity index (χ4v) is 2.18. The summed E-state index contributed by atoms with van der Waals surface area (Å²) in [6.07, 6.45) is 7.68. The Bertz CT molecular complexity index is 334. The molecule has 0 saturated heterocycles. The predicted octanol–water partition coefficient (Wildman–Crippen LogP) is 1.38. The topological polar surface area (TPSA) is 71.2 Å². The first kappa shape index (κ1) is 10.2. The molecule has 1 heterocycles. The second-order valence-corrected chi connectivity index (χ2v) is 4.23. The van der Waals surface area contributed by atoms with Crippen LogP contribution in [0.1, 0.15) is 25.7 Å². The molecular weight excluding hydrogens is 190 g/mol. The van der Waals surface area contributed by atoms with Crippen molar-refractivity contribution in [2.45, 2.75) is 31.2 Å².